The van der Waals surface area contributed by atoms with Crippen LogP contribution in [0.15, 0.2) is 47.1 Å². The van der Waals surface area contributed by atoms with Gasteiger partial charge in [-0.15, -0.1) is 0 Å². The van der Waals surface area contributed by atoms with Crippen molar-refractivity contribution in [3.8, 4) is 0 Å². The van der Waals surface area contributed by atoms with Gasteiger partial charge >= 0.3 is 0 Å². The third-order valence-corrected chi connectivity index (χ3v) is 6.31. The first kappa shape index (κ1) is 16.8. The molecule has 1 atom stereocenters. The zero-order chi connectivity index (χ0) is 17.3. The molecule has 4 heteroatoms. The summed E-state index contributed by atoms with van der Waals surface area (Å²) in [7, 11) is 2.24. The number of rotatable bonds is 5. The van der Waals surface area contributed by atoms with Crippen molar-refractivity contribution in [3.63, 3.8) is 0 Å². The Morgan fingerprint density at radius 2 is 1.92 bits per heavy atom. The fourth-order valence-electron chi connectivity index (χ4n) is 4.72. The molecule has 2 aromatic rings. The van der Waals surface area contributed by atoms with Gasteiger partial charge in [-0.2, -0.15) is 0 Å². The van der Waals surface area contributed by atoms with Crippen LogP contribution in [0.2, 0.25) is 0 Å². The minimum atomic E-state index is -0.154. The van der Waals surface area contributed by atoms with Crippen molar-refractivity contribution in [2.45, 2.75) is 44.8 Å². The number of piperidine rings is 1. The van der Waals surface area contributed by atoms with Crippen LogP contribution < -0.4 is 0 Å². The van der Waals surface area contributed by atoms with Gasteiger partial charge in [0.05, 0.1) is 12.8 Å². The highest BCUT2D eigenvalue weighted by Gasteiger charge is 2.49. The minimum absolute atomic E-state index is 0.154. The van der Waals surface area contributed by atoms with E-state index in [1.807, 2.05) is 18.2 Å². The average Bonchev–Trinajstić information content (AvgIpc) is 3.09. The zero-order valence-corrected chi connectivity index (χ0v) is 15.0. The summed E-state index contributed by atoms with van der Waals surface area (Å²) in [5.74, 6) is 0.900. The standard InChI is InChI=1S/C21H27FN2O/c1-23(16-19-3-2-14-25-19)20-8-9-21(20)10-12-24(13-11-21)15-17-4-6-18(22)7-5-17/h2-7,14,20H,8-13,15-16H2,1H3/t20-/m0/s1. The highest BCUT2D eigenvalue weighted by Crippen LogP contribution is 2.51. The van der Waals surface area contributed by atoms with E-state index >= 15 is 0 Å². The maximum atomic E-state index is 13.0. The Kier molecular flexibility index (Phi) is 4.65. The summed E-state index contributed by atoms with van der Waals surface area (Å²) in [6.45, 7) is 4.12. The molecule has 1 spiro atoms. The van der Waals surface area contributed by atoms with Crippen LogP contribution in [-0.2, 0) is 13.1 Å². The van der Waals surface area contributed by atoms with E-state index in [4.69, 9.17) is 4.42 Å². The van der Waals surface area contributed by atoms with E-state index in [0.717, 1.165) is 31.9 Å². The Morgan fingerprint density at radius 3 is 2.52 bits per heavy atom. The van der Waals surface area contributed by atoms with Crippen molar-refractivity contribution in [1.82, 2.24) is 9.80 Å². The van der Waals surface area contributed by atoms with Gasteiger partial charge in [0, 0.05) is 12.6 Å². The van der Waals surface area contributed by atoms with Crippen molar-refractivity contribution in [2.24, 2.45) is 5.41 Å². The van der Waals surface area contributed by atoms with Crippen molar-refractivity contribution in [1.29, 1.82) is 0 Å². The Balaban J connectivity index is 1.32. The predicted octanol–water partition coefficient (Wildman–Crippen LogP) is 4.30. The number of halogens is 1. The highest BCUT2D eigenvalue weighted by molar-refractivity contribution is 5.16. The fourth-order valence-corrected chi connectivity index (χ4v) is 4.72. The molecule has 0 unspecified atom stereocenters. The second-order valence-electron chi connectivity index (χ2n) is 7.81. The molecule has 25 heavy (non-hydrogen) atoms. The molecule has 1 aromatic carbocycles. The fraction of sp³-hybridized carbons (Fsp3) is 0.524. The first-order valence-electron chi connectivity index (χ1n) is 9.34. The predicted molar refractivity (Wildman–Crippen MR) is 96.5 cm³/mol. The van der Waals surface area contributed by atoms with E-state index in [9.17, 15) is 4.39 Å². The molecule has 0 bridgehead atoms. The average molecular weight is 342 g/mol. The summed E-state index contributed by atoms with van der Waals surface area (Å²) >= 11 is 0. The quantitative estimate of drug-likeness (QED) is 0.808. The molecule has 1 aromatic heterocycles. The molecule has 0 N–H and O–H groups in total. The van der Waals surface area contributed by atoms with E-state index in [1.54, 1.807) is 18.4 Å². The molecule has 0 amide bonds. The molecule has 1 aliphatic heterocycles. The van der Waals surface area contributed by atoms with Crippen LogP contribution in [0.1, 0.15) is 37.0 Å². The van der Waals surface area contributed by atoms with Gasteiger partial charge in [-0.25, -0.2) is 4.39 Å². The molecule has 2 heterocycles. The van der Waals surface area contributed by atoms with Crippen molar-refractivity contribution < 1.29 is 8.81 Å². The summed E-state index contributed by atoms with van der Waals surface area (Å²) in [5, 5.41) is 0. The molecule has 1 saturated carbocycles. The number of benzene rings is 1. The Bertz CT molecular complexity index is 674. The number of nitrogens with zero attached hydrogens (tertiary/aromatic N) is 2. The lowest BCUT2D eigenvalue weighted by molar-refractivity contribution is -0.0648. The van der Waals surface area contributed by atoms with Crippen LogP contribution in [0.25, 0.3) is 0 Å². The Morgan fingerprint density at radius 1 is 1.16 bits per heavy atom. The highest BCUT2D eigenvalue weighted by atomic mass is 19.1. The normalized spacial score (nSPS) is 23.1. The number of hydrogen-bond donors (Lipinski definition) is 0. The summed E-state index contributed by atoms with van der Waals surface area (Å²) in [6, 6.07) is 11.6. The van der Waals surface area contributed by atoms with Crippen LogP contribution >= 0.6 is 0 Å². The Hall–Kier alpha value is -1.65. The topological polar surface area (TPSA) is 19.6 Å². The molecular weight excluding hydrogens is 315 g/mol. The largest absolute Gasteiger partial charge is 0.468 e. The molecule has 0 radical (unpaired) electrons. The molecule has 2 aliphatic rings. The molecule has 1 aliphatic carbocycles. The van der Waals surface area contributed by atoms with Crippen LogP contribution in [0.4, 0.5) is 4.39 Å². The molecule has 4 rings (SSSR count). The first-order chi connectivity index (χ1) is 12.1. The smallest absolute Gasteiger partial charge is 0.123 e. The van der Waals surface area contributed by atoms with Crippen molar-refractivity contribution in [3.05, 3.63) is 59.8 Å². The van der Waals surface area contributed by atoms with Gasteiger partial charge in [-0.05, 0) is 81.1 Å². The zero-order valence-electron chi connectivity index (χ0n) is 15.0. The van der Waals surface area contributed by atoms with Gasteiger partial charge < -0.3 is 4.42 Å². The van der Waals surface area contributed by atoms with E-state index in [0.29, 0.717) is 11.5 Å². The van der Waals surface area contributed by atoms with Gasteiger partial charge in [0.2, 0.25) is 0 Å². The number of furan rings is 1. The lowest BCUT2D eigenvalue weighted by Crippen LogP contribution is -2.57. The van der Waals surface area contributed by atoms with E-state index in [1.165, 1.54) is 31.2 Å². The lowest BCUT2D eigenvalue weighted by atomic mass is 9.58. The van der Waals surface area contributed by atoms with Gasteiger partial charge in [-0.1, -0.05) is 12.1 Å². The van der Waals surface area contributed by atoms with Crippen LogP contribution in [0, 0.1) is 11.2 Å². The SMILES string of the molecule is CN(Cc1ccco1)[C@H]1CCC12CCN(Cc1ccc(F)cc1)CC2. The second-order valence-corrected chi connectivity index (χ2v) is 7.81. The number of hydrogen-bond acceptors (Lipinski definition) is 3. The summed E-state index contributed by atoms with van der Waals surface area (Å²) < 4.78 is 18.6. The van der Waals surface area contributed by atoms with Crippen LogP contribution in [0.5, 0.6) is 0 Å². The Labute approximate surface area is 149 Å². The summed E-state index contributed by atoms with van der Waals surface area (Å²) in [4.78, 5) is 5.00. The molecule has 3 nitrogen and oxygen atoms in total. The van der Waals surface area contributed by atoms with Crippen molar-refractivity contribution >= 4 is 0 Å². The molecule has 2 fully saturated rings. The van der Waals surface area contributed by atoms with Crippen LogP contribution in [0.3, 0.4) is 0 Å². The van der Waals surface area contributed by atoms with Crippen LogP contribution in [-0.4, -0.2) is 36.0 Å². The van der Waals surface area contributed by atoms with E-state index in [-0.39, 0.29) is 5.82 Å². The maximum absolute atomic E-state index is 13.0. The van der Waals surface area contributed by atoms with Gasteiger partial charge in [0.25, 0.3) is 0 Å². The summed E-state index contributed by atoms with van der Waals surface area (Å²) in [6.07, 6.45) is 6.94. The van der Waals surface area contributed by atoms with Gasteiger partial charge in [-0.3, -0.25) is 9.80 Å². The summed E-state index contributed by atoms with van der Waals surface area (Å²) in [5.41, 5.74) is 1.69. The van der Waals surface area contributed by atoms with E-state index < -0.39 is 0 Å². The number of likely N-dealkylation sites (tertiary alicyclic amines) is 1. The maximum Gasteiger partial charge on any atom is 0.123 e. The molecule has 1 saturated heterocycles. The first-order valence-corrected chi connectivity index (χ1v) is 9.34. The minimum Gasteiger partial charge on any atom is -0.468 e. The molecular formula is C21H27FN2O. The molecule has 134 valence electrons. The lowest BCUT2D eigenvalue weighted by Gasteiger charge is -2.57. The third kappa shape index (κ3) is 3.51. The van der Waals surface area contributed by atoms with Gasteiger partial charge in [0.15, 0.2) is 0 Å². The van der Waals surface area contributed by atoms with Crippen molar-refractivity contribution in [2.75, 3.05) is 20.1 Å². The third-order valence-electron chi connectivity index (χ3n) is 6.31. The van der Waals surface area contributed by atoms with Gasteiger partial charge in [0.1, 0.15) is 11.6 Å². The van der Waals surface area contributed by atoms with E-state index in [2.05, 4.69) is 22.9 Å². The monoisotopic (exact) mass is 342 g/mol. The second kappa shape index (κ2) is 6.93.